The lowest BCUT2D eigenvalue weighted by Gasteiger charge is -2.21. The molecule has 0 heterocycles. The molecule has 0 spiro atoms. The summed E-state index contributed by atoms with van der Waals surface area (Å²) in [5.41, 5.74) is 8.56. The topological polar surface area (TPSA) is 87.1 Å². The largest absolute Gasteiger partial charge is 0.378 e. The number of azide groups is 1. The van der Waals surface area contributed by atoms with Crippen LogP contribution in [-0.4, -0.2) is 37.3 Å². The Morgan fingerprint density at radius 3 is 1.89 bits per heavy atom. The Morgan fingerprint density at radius 2 is 1.46 bits per heavy atom. The molecular weight excluding hydrogens is 372 g/mol. The molecule has 0 aliphatic rings. The maximum Gasteiger partial charge on any atom is 0.207 e. The van der Waals surface area contributed by atoms with Crippen molar-refractivity contribution in [3.05, 3.63) is 10.4 Å². The van der Waals surface area contributed by atoms with Gasteiger partial charge in [-0.1, -0.05) is 95.5 Å². The highest BCUT2D eigenvalue weighted by Crippen LogP contribution is 2.15. The fourth-order valence-electron chi connectivity index (χ4n) is 3.23. The van der Waals surface area contributed by atoms with E-state index in [1.165, 1.54) is 89.9 Å². The molecule has 28 heavy (non-hydrogen) atoms. The summed E-state index contributed by atoms with van der Waals surface area (Å²) in [6.07, 6.45) is 18.8. The van der Waals surface area contributed by atoms with Gasteiger partial charge in [0.05, 0.1) is 6.10 Å². The summed E-state index contributed by atoms with van der Waals surface area (Å²) >= 11 is 1.79. The van der Waals surface area contributed by atoms with Crippen LogP contribution in [0.1, 0.15) is 96.8 Å². The Kier molecular flexibility index (Phi) is 21.7. The number of nitrogens with zero attached hydrogens (tertiary/aromatic N) is 3. The van der Waals surface area contributed by atoms with Crippen LogP contribution < -0.4 is 5.32 Å². The van der Waals surface area contributed by atoms with Crippen molar-refractivity contribution in [1.82, 2.24) is 5.32 Å². The molecule has 0 aliphatic heterocycles. The molecule has 2 atom stereocenters. The Morgan fingerprint density at radius 1 is 0.964 bits per heavy atom. The predicted molar refractivity (Wildman–Crippen MR) is 121 cm³/mol. The molecule has 0 fully saturated rings. The molecule has 0 radical (unpaired) electrons. The van der Waals surface area contributed by atoms with Crippen LogP contribution in [0.2, 0.25) is 0 Å². The monoisotopic (exact) mass is 414 g/mol. The molecule has 0 aromatic heterocycles. The zero-order valence-corrected chi connectivity index (χ0v) is 18.9. The summed E-state index contributed by atoms with van der Waals surface area (Å²) in [4.78, 5) is 13.3. The molecule has 0 rings (SSSR count). The normalized spacial score (nSPS) is 12.9. The second-order valence-electron chi connectivity index (χ2n) is 7.38. The molecule has 0 aliphatic carbocycles. The third-order valence-corrected chi connectivity index (χ3v) is 6.14. The summed E-state index contributed by atoms with van der Waals surface area (Å²) in [6, 6.07) is 0. The first-order chi connectivity index (χ1) is 13.8. The van der Waals surface area contributed by atoms with Gasteiger partial charge in [0.15, 0.2) is 0 Å². The second-order valence-corrected chi connectivity index (χ2v) is 8.53. The Labute approximate surface area is 176 Å². The molecule has 0 bridgehead atoms. The average Bonchev–Trinajstić information content (AvgIpc) is 2.70. The fraction of sp³-hybridized carbons (Fsp3) is 0.952. The number of carbonyl (C=O) groups is 1. The van der Waals surface area contributed by atoms with Gasteiger partial charge in [-0.25, -0.2) is 0 Å². The number of amides is 1. The second kappa shape index (κ2) is 22.4. The molecule has 1 amide bonds. The van der Waals surface area contributed by atoms with Crippen LogP contribution in [0.4, 0.5) is 0 Å². The molecule has 164 valence electrons. The number of nitrogens with one attached hydrogen (secondary N) is 1. The molecule has 6 nitrogen and oxygen atoms in total. The van der Waals surface area contributed by atoms with E-state index in [9.17, 15) is 4.79 Å². The third kappa shape index (κ3) is 17.2. The summed E-state index contributed by atoms with van der Waals surface area (Å²) < 4.78 is 5.33. The van der Waals surface area contributed by atoms with E-state index in [0.717, 1.165) is 5.75 Å². The van der Waals surface area contributed by atoms with E-state index in [1.54, 1.807) is 18.9 Å². The highest BCUT2D eigenvalue weighted by Gasteiger charge is 2.19. The lowest BCUT2D eigenvalue weighted by Crippen LogP contribution is -2.40. The zero-order valence-electron chi connectivity index (χ0n) is 18.1. The van der Waals surface area contributed by atoms with Crippen molar-refractivity contribution in [3.8, 4) is 0 Å². The van der Waals surface area contributed by atoms with Crippen molar-refractivity contribution in [1.29, 1.82) is 0 Å². The summed E-state index contributed by atoms with van der Waals surface area (Å²) in [7, 11) is 1.57. The minimum Gasteiger partial charge on any atom is -0.378 e. The number of carbonyl (C=O) groups excluding carboxylic acids is 1. The van der Waals surface area contributed by atoms with Gasteiger partial charge in [-0.15, -0.1) is 0 Å². The van der Waals surface area contributed by atoms with Crippen LogP contribution in [0.15, 0.2) is 5.11 Å². The summed E-state index contributed by atoms with van der Waals surface area (Å²) in [5, 5.41) is 6.08. The number of methoxy groups -OCH3 is 1. The average molecular weight is 415 g/mol. The van der Waals surface area contributed by atoms with Crippen molar-refractivity contribution in [3.63, 3.8) is 0 Å². The predicted octanol–water partition coefficient (Wildman–Crippen LogP) is 6.60. The van der Waals surface area contributed by atoms with Gasteiger partial charge in [0.25, 0.3) is 0 Å². The first-order valence-corrected chi connectivity index (χ1v) is 12.3. The van der Waals surface area contributed by atoms with Crippen LogP contribution >= 0.6 is 11.8 Å². The van der Waals surface area contributed by atoms with E-state index in [4.69, 9.17) is 10.3 Å². The van der Waals surface area contributed by atoms with E-state index in [-0.39, 0.29) is 6.10 Å². The summed E-state index contributed by atoms with van der Waals surface area (Å²) in [6.45, 7) is 2.27. The number of rotatable bonds is 22. The van der Waals surface area contributed by atoms with Crippen LogP contribution in [0, 0.1) is 0 Å². The minimum atomic E-state index is -0.642. The van der Waals surface area contributed by atoms with Crippen molar-refractivity contribution >= 4 is 18.2 Å². The minimum absolute atomic E-state index is 0.294. The fourth-order valence-corrected chi connectivity index (χ4v) is 4.35. The molecule has 0 aromatic rings. The van der Waals surface area contributed by atoms with Crippen LogP contribution in [-0.2, 0) is 9.53 Å². The first kappa shape index (κ1) is 27.1. The van der Waals surface area contributed by atoms with Crippen molar-refractivity contribution < 1.29 is 9.53 Å². The SMILES string of the molecule is CCCCCCCCCCCCCCCCSCC(OC)C(N=[N+]=[N-])NC=O. The van der Waals surface area contributed by atoms with E-state index >= 15 is 0 Å². The Hall–Kier alpha value is -0.910. The van der Waals surface area contributed by atoms with Crippen molar-refractivity contribution in [2.24, 2.45) is 5.11 Å². The number of hydrogen-bond donors (Lipinski definition) is 1. The third-order valence-electron chi connectivity index (χ3n) is 4.99. The lowest BCUT2D eigenvalue weighted by atomic mass is 10.0. The van der Waals surface area contributed by atoms with Gasteiger partial charge >= 0.3 is 0 Å². The standard InChI is InChI=1S/C21H42N4O2S/c1-3-4-5-6-7-8-9-10-11-12-13-14-15-16-17-28-18-20(27-2)21(23-19-26)24-25-22/h19-21H,3-18H2,1-2H3,(H,23,26). The number of ether oxygens (including phenoxy) is 1. The molecule has 0 aromatic carbocycles. The Balaban J connectivity index is 3.42. The molecule has 7 heteroatoms. The first-order valence-electron chi connectivity index (χ1n) is 11.1. The van der Waals surface area contributed by atoms with Gasteiger partial charge in [0.1, 0.15) is 6.17 Å². The number of thioether (sulfide) groups is 1. The zero-order chi connectivity index (χ0) is 20.7. The van der Waals surface area contributed by atoms with Crippen molar-refractivity contribution in [2.75, 3.05) is 18.6 Å². The molecule has 2 unspecified atom stereocenters. The quantitative estimate of drug-likeness (QED) is 0.0711. The summed E-state index contributed by atoms with van der Waals surface area (Å²) in [5.74, 6) is 1.78. The Bertz CT molecular complexity index is 393. The van der Waals surface area contributed by atoms with Gasteiger partial charge in [-0.2, -0.15) is 11.8 Å². The van der Waals surface area contributed by atoms with Crippen LogP contribution in [0.3, 0.4) is 0 Å². The van der Waals surface area contributed by atoms with Gasteiger partial charge in [-0.3, -0.25) is 4.79 Å². The lowest BCUT2D eigenvalue weighted by molar-refractivity contribution is -0.110. The highest BCUT2D eigenvalue weighted by molar-refractivity contribution is 7.99. The number of hydrogen-bond acceptors (Lipinski definition) is 4. The van der Waals surface area contributed by atoms with E-state index < -0.39 is 6.17 Å². The maximum atomic E-state index is 10.6. The number of unbranched alkanes of at least 4 members (excludes halogenated alkanes) is 13. The van der Waals surface area contributed by atoms with Gasteiger partial charge in [0, 0.05) is 17.8 Å². The van der Waals surface area contributed by atoms with Crippen LogP contribution in [0.25, 0.3) is 10.4 Å². The van der Waals surface area contributed by atoms with Gasteiger partial charge in [-0.05, 0) is 17.7 Å². The van der Waals surface area contributed by atoms with Crippen LogP contribution in [0.5, 0.6) is 0 Å². The van der Waals surface area contributed by atoms with Gasteiger partial charge in [0.2, 0.25) is 6.41 Å². The van der Waals surface area contributed by atoms with E-state index in [0.29, 0.717) is 12.2 Å². The molecule has 0 saturated heterocycles. The van der Waals surface area contributed by atoms with Crippen molar-refractivity contribution in [2.45, 2.75) is 109 Å². The smallest absolute Gasteiger partial charge is 0.207 e. The molecule has 0 saturated carbocycles. The molecular formula is C21H42N4O2S. The van der Waals surface area contributed by atoms with Gasteiger partial charge < -0.3 is 10.1 Å². The maximum absolute atomic E-state index is 10.6. The molecule has 1 N–H and O–H groups in total. The highest BCUT2D eigenvalue weighted by atomic mass is 32.2. The van der Waals surface area contributed by atoms with E-state index in [1.807, 2.05) is 0 Å². The van der Waals surface area contributed by atoms with E-state index in [2.05, 4.69) is 22.3 Å².